The van der Waals surface area contributed by atoms with Crippen LogP contribution in [0, 0.1) is 0 Å². The SMILES string of the molecule is CCOC(=O)CCNCC(=O)N1CCc2ccccc2C1. The van der Waals surface area contributed by atoms with E-state index < -0.39 is 0 Å². The maximum Gasteiger partial charge on any atom is 0.307 e. The van der Waals surface area contributed by atoms with Crippen molar-refractivity contribution in [2.24, 2.45) is 0 Å². The zero-order chi connectivity index (χ0) is 15.1. The highest BCUT2D eigenvalue weighted by Gasteiger charge is 2.19. The highest BCUT2D eigenvalue weighted by atomic mass is 16.5. The van der Waals surface area contributed by atoms with Crippen molar-refractivity contribution in [1.82, 2.24) is 10.2 Å². The van der Waals surface area contributed by atoms with Gasteiger partial charge >= 0.3 is 5.97 Å². The van der Waals surface area contributed by atoms with Crippen LogP contribution in [0.3, 0.4) is 0 Å². The van der Waals surface area contributed by atoms with Gasteiger partial charge in [-0.3, -0.25) is 9.59 Å². The Balaban J connectivity index is 1.71. The second-order valence-electron chi connectivity index (χ2n) is 5.07. The Kier molecular flexibility index (Phi) is 5.75. The van der Waals surface area contributed by atoms with Crippen LogP contribution in [0.4, 0.5) is 0 Å². The smallest absolute Gasteiger partial charge is 0.307 e. The molecule has 0 atom stereocenters. The molecule has 1 N–H and O–H groups in total. The van der Waals surface area contributed by atoms with Crippen LogP contribution in [0.5, 0.6) is 0 Å². The molecule has 1 aliphatic heterocycles. The van der Waals surface area contributed by atoms with Gasteiger partial charge in [-0.25, -0.2) is 0 Å². The topological polar surface area (TPSA) is 58.6 Å². The van der Waals surface area contributed by atoms with Gasteiger partial charge in [-0.15, -0.1) is 0 Å². The fourth-order valence-corrected chi connectivity index (χ4v) is 2.44. The fourth-order valence-electron chi connectivity index (χ4n) is 2.44. The largest absolute Gasteiger partial charge is 0.466 e. The van der Waals surface area contributed by atoms with Gasteiger partial charge in [-0.05, 0) is 24.5 Å². The number of carbonyl (C=O) groups is 2. The van der Waals surface area contributed by atoms with Gasteiger partial charge in [-0.1, -0.05) is 24.3 Å². The molecule has 0 fully saturated rings. The molecule has 1 heterocycles. The summed E-state index contributed by atoms with van der Waals surface area (Å²) in [6.07, 6.45) is 1.20. The molecule has 21 heavy (non-hydrogen) atoms. The van der Waals surface area contributed by atoms with Crippen LogP contribution < -0.4 is 5.32 Å². The van der Waals surface area contributed by atoms with Gasteiger partial charge in [0.05, 0.1) is 19.6 Å². The molecule has 2 rings (SSSR count). The summed E-state index contributed by atoms with van der Waals surface area (Å²) in [5.41, 5.74) is 2.56. The number of benzene rings is 1. The minimum absolute atomic E-state index is 0.0772. The quantitative estimate of drug-likeness (QED) is 0.630. The van der Waals surface area contributed by atoms with Crippen LogP contribution in [0.15, 0.2) is 24.3 Å². The van der Waals surface area contributed by atoms with E-state index in [1.165, 1.54) is 11.1 Å². The summed E-state index contributed by atoms with van der Waals surface area (Å²) < 4.78 is 4.83. The molecule has 0 spiro atoms. The first-order chi connectivity index (χ1) is 10.2. The molecule has 5 nitrogen and oxygen atoms in total. The maximum atomic E-state index is 12.1. The van der Waals surface area contributed by atoms with Crippen molar-refractivity contribution in [3.05, 3.63) is 35.4 Å². The van der Waals surface area contributed by atoms with Crippen LogP contribution >= 0.6 is 0 Å². The Hall–Kier alpha value is -1.88. The molecule has 1 amide bonds. The predicted octanol–water partition coefficient (Wildman–Crippen LogP) is 1.11. The Morgan fingerprint density at radius 3 is 2.81 bits per heavy atom. The first kappa shape index (κ1) is 15.5. The number of esters is 1. The zero-order valence-corrected chi connectivity index (χ0v) is 12.4. The Labute approximate surface area is 125 Å². The molecule has 1 aromatic carbocycles. The molecule has 0 bridgehead atoms. The van der Waals surface area contributed by atoms with E-state index >= 15 is 0 Å². The van der Waals surface area contributed by atoms with E-state index in [1.54, 1.807) is 6.92 Å². The molecule has 0 aromatic heterocycles. The molecule has 0 saturated heterocycles. The second kappa shape index (κ2) is 7.78. The highest BCUT2D eigenvalue weighted by Crippen LogP contribution is 2.18. The van der Waals surface area contributed by atoms with Crippen molar-refractivity contribution in [3.8, 4) is 0 Å². The predicted molar refractivity (Wildman–Crippen MR) is 79.7 cm³/mol. The first-order valence-electron chi connectivity index (χ1n) is 7.41. The third-order valence-electron chi connectivity index (χ3n) is 3.57. The summed E-state index contributed by atoms with van der Waals surface area (Å²) in [5.74, 6) is -0.155. The summed E-state index contributed by atoms with van der Waals surface area (Å²) in [6, 6.07) is 8.23. The average molecular weight is 290 g/mol. The standard InChI is InChI=1S/C16H22N2O3/c1-2-21-16(20)7-9-17-11-15(19)18-10-8-13-5-3-4-6-14(13)12-18/h3-6,17H,2,7-12H2,1H3. The Bertz CT molecular complexity index is 502. The maximum absolute atomic E-state index is 12.1. The minimum Gasteiger partial charge on any atom is -0.466 e. The zero-order valence-electron chi connectivity index (χ0n) is 12.4. The lowest BCUT2D eigenvalue weighted by molar-refractivity contribution is -0.143. The Morgan fingerprint density at radius 1 is 1.29 bits per heavy atom. The van der Waals surface area contributed by atoms with Gasteiger partial charge in [0.1, 0.15) is 0 Å². The first-order valence-corrected chi connectivity index (χ1v) is 7.41. The molecule has 1 aliphatic rings. The van der Waals surface area contributed by atoms with E-state index in [4.69, 9.17) is 4.74 Å². The highest BCUT2D eigenvalue weighted by molar-refractivity contribution is 5.78. The number of fused-ring (bicyclic) bond motifs is 1. The van der Waals surface area contributed by atoms with E-state index in [2.05, 4.69) is 17.4 Å². The third kappa shape index (κ3) is 4.56. The van der Waals surface area contributed by atoms with E-state index in [1.807, 2.05) is 17.0 Å². The third-order valence-corrected chi connectivity index (χ3v) is 3.57. The molecule has 0 saturated carbocycles. The van der Waals surface area contributed by atoms with E-state index in [-0.39, 0.29) is 18.4 Å². The van der Waals surface area contributed by atoms with E-state index in [9.17, 15) is 9.59 Å². The summed E-state index contributed by atoms with van der Waals surface area (Å²) in [5, 5.41) is 3.00. The fraction of sp³-hybridized carbons (Fsp3) is 0.500. The molecule has 0 unspecified atom stereocenters. The average Bonchev–Trinajstić information content (AvgIpc) is 2.51. The summed E-state index contributed by atoms with van der Waals surface area (Å²) >= 11 is 0. The number of hydrogen-bond donors (Lipinski definition) is 1. The van der Waals surface area contributed by atoms with Crippen LogP contribution in [-0.4, -0.2) is 43.0 Å². The van der Waals surface area contributed by atoms with Gasteiger partial charge in [0.15, 0.2) is 0 Å². The number of carbonyl (C=O) groups excluding carboxylic acids is 2. The molecule has 5 heteroatoms. The van der Waals surface area contributed by atoms with Crippen molar-refractivity contribution in [1.29, 1.82) is 0 Å². The number of amides is 1. The molecule has 0 aliphatic carbocycles. The summed E-state index contributed by atoms with van der Waals surface area (Å²) in [4.78, 5) is 25.2. The van der Waals surface area contributed by atoms with Gasteiger partial charge < -0.3 is 15.0 Å². The van der Waals surface area contributed by atoms with Crippen LogP contribution in [0.25, 0.3) is 0 Å². The van der Waals surface area contributed by atoms with Crippen molar-refractivity contribution in [3.63, 3.8) is 0 Å². The number of hydrogen-bond acceptors (Lipinski definition) is 4. The van der Waals surface area contributed by atoms with Gasteiger partial charge in [-0.2, -0.15) is 0 Å². The van der Waals surface area contributed by atoms with Gasteiger partial charge in [0.25, 0.3) is 0 Å². The minimum atomic E-state index is -0.232. The normalized spacial score (nSPS) is 13.7. The molecule has 0 radical (unpaired) electrons. The lowest BCUT2D eigenvalue weighted by Gasteiger charge is -2.29. The monoisotopic (exact) mass is 290 g/mol. The molecule has 1 aromatic rings. The van der Waals surface area contributed by atoms with Gasteiger partial charge in [0.2, 0.25) is 5.91 Å². The van der Waals surface area contributed by atoms with Crippen LogP contribution in [0.1, 0.15) is 24.5 Å². The number of rotatable bonds is 6. The molecule has 114 valence electrons. The lowest BCUT2D eigenvalue weighted by atomic mass is 10.00. The summed E-state index contributed by atoms with van der Waals surface area (Å²) in [7, 11) is 0. The van der Waals surface area contributed by atoms with E-state index in [0.29, 0.717) is 26.1 Å². The number of nitrogens with one attached hydrogen (secondary N) is 1. The molecular weight excluding hydrogens is 268 g/mol. The number of ether oxygens (including phenoxy) is 1. The van der Waals surface area contributed by atoms with Crippen LogP contribution in [0.2, 0.25) is 0 Å². The number of nitrogens with zero attached hydrogens (tertiary/aromatic N) is 1. The van der Waals surface area contributed by atoms with Crippen molar-refractivity contribution in [2.45, 2.75) is 26.3 Å². The van der Waals surface area contributed by atoms with Gasteiger partial charge in [0, 0.05) is 19.6 Å². The van der Waals surface area contributed by atoms with Crippen LogP contribution in [-0.2, 0) is 27.3 Å². The molecular formula is C16H22N2O3. The summed E-state index contributed by atoms with van der Waals surface area (Å²) in [6.45, 7) is 4.34. The Morgan fingerprint density at radius 2 is 2.05 bits per heavy atom. The van der Waals surface area contributed by atoms with Crippen molar-refractivity contribution >= 4 is 11.9 Å². The second-order valence-corrected chi connectivity index (χ2v) is 5.07. The van der Waals surface area contributed by atoms with Crippen molar-refractivity contribution in [2.75, 3.05) is 26.2 Å². The van der Waals surface area contributed by atoms with Crippen molar-refractivity contribution < 1.29 is 14.3 Å². The lowest BCUT2D eigenvalue weighted by Crippen LogP contribution is -2.41. The van der Waals surface area contributed by atoms with E-state index in [0.717, 1.165) is 13.0 Å².